The minimum atomic E-state index is -0.150. The molecule has 0 amide bonds. The molecule has 0 saturated heterocycles. The van der Waals surface area contributed by atoms with Crippen LogP contribution in [0.5, 0.6) is 11.6 Å². The van der Waals surface area contributed by atoms with Crippen molar-refractivity contribution in [3.63, 3.8) is 0 Å². The van der Waals surface area contributed by atoms with Crippen molar-refractivity contribution in [1.29, 1.82) is 0 Å². The van der Waals surface area contributed by atoms with Gasteiger partial charge in [0.1, 0.15) is 11.9 Å². The lowest BCUT2D eigenvalue weighted by atomic mass is 9.85. The van der Waals surface area contributed by atoms with Crippen molar-refractivity contribution in [2.24, 2.45) is 0 Å². The summed E-state index contributed by atoms with van der Waals surface area (Å²) in [5.74, 6) is 1.33. The van der Waals surface area contributed by atoms with Crippen molar-refractivity contribution in [3.05, 3.63) is 41.0 Å². The molecule has 0 aliphatic carbocycles. The molecule has 0 bridgehead atoms. The number of carbonyl (C=O) groups excluding carboxylic acids is 1. The number of benzene rings is 1. The molecule has 36 heavy (non-hydrogen) atoms. The highest BCUT2D eigenvalue weighted by molar-refractivity contribution is 5.95. The van der Waals surface area contributed by atoms with Crippen LogP contribution in [0.25, 0.3) is 5.65 Å². The molecule has 2 heterocycles. The van der Waals surface area contributed by atoms with E-state index < -0.39 is 0 Å². The number of aromatic nitrogens is 4. The van der Waals surface area contributed by atoms with Crippen LogP contribution in [0.4, 0.5) is 5.95 Å². The Morgan fingerprint density at radius 3 is 2.50 bits per heavy atom. The second-order valence-corrected chi connectivity index (χ2v) is 10.1. The fraction of sp³-hybridized carbons (Fsp3) is 0.556. The van der Waals surface area contributed by atoms with Gasteiger partial charge in [-0.1, -0.05) is 49.3 Å². The number of nitrogens with zero attached hydrogens (tertiary/aromatic N) is 4. The number of aryl methyl sites for hydroxylation is 1. The van der Waals surface area contributed by atoms with E-state index in [2.05, 4.69) is 44.8 Å². The number of fused-ring (bicyclic) bond motifs is 1. The maximum absolute atomic E-state index is 13.4. The van der Waals surface area contributed by atoms with Gasteiger partial charge < -0.3 is 14.2 Å². The lowest BCUT2D eigenvalue weighted by Crippen LogP contribution is -2.42. The van der Waals surface area contributed by atoms with E-state index in [-0.39, 0.29) is 29.8 Å². The molecule has 0 fully saturated rings. The molecule has 0 saturated carbocycles. The Morgan fingerprint density at radius 1 is 1.14 bits per heavy atom. The summed E-state index contributed by atoms with van der Waals surface area (Å²) in [5, 5.41) is 9.10. The molecule has 196 valence electrons. The Labute approximate surface area is 213 Å². The Bertz CT molecular complexity index is 1200. The van der Waals surface area contributed by atoms with Gasteiger partial charge in [-0.05, 0) is 48.9 Å². The molecule has 0 spiro atoms. The minimum absolute atomic E-state index is 0.0202. The molecule has 0 atom stereocenters. The molecule has 9 heteroatoms. The van der Waals surface area contributed by atoms with Gasteiger partial charge in [0.2, 0.25) is 5.88 Å². The van der Waals surface area contributed by atoms with Gasteiger partial charge in [-0.15, -0.1) is 4.68 Å². The normalized spacial score (nSPS) is 11.9. The molecule has 0 radical (unpaired) electrons. The van der Waals surface area contributed by atoms with Crippen LogP contribution in [0, 0.1) is 6.92 Å². The molecule has 2 aromatic heterocycles. The summed E-state index contributed by atoms with van der Waals surface area (Å²) in [6, 6.07) is 7.56. The predicted octanol–water partition coefficient (Wildman–Crippen LogP) is 4.07. The zero-order valence-electron chi connectivity index (χ0n) is 22.6. The van der Waals surface area contributed by atoms with Crippen LogP contribution in [-0.2, 0) is 16.7 Å². The largest absolute Gasteiger partial charge is 0.493 e. The molecule has 2 N–H and O–H groups in total. The second kappa shape index (κ2) is 11.7. The third-order valence-electron chi connectivity index (χ3n) is 6.13. The van der Waals surface area contributed by atoms with Crippen LogP contribution in [0.15, 0.2) is 24.3 Å². The Balaban J connectivity index is 1.89. The van der Waals surface area contributed by atoms with Crippen LogP contribution in [0.2, 0.25) is 0 Å². The summed E-state index contributed by atoms with van der Waals surface area (Å²) >= 11 is 0. The first-order valence-corrected chi connectivity index (χ1v) is 12.6. The fourth-order valence-corrected chi connectivity index (χ4v) is 3.80. The molecule has 1 aromatic carbocycles. The molecule has 0 aliphatic rings. The average molecular weight is 499 g/mol. The third-order valence-corrected chi connectivity index (χ3v) is 6.13. The van der Waals surface area contributed by atoms with Gasteiger partial charge >= 0.3 is 5.95 Å². The van der Waals surface area contributed by atoms with Gasteiger partial charge in [-0.3, -0.25) is 10.5 Å². The van der Waals surface area contributed by atoms with E-state index >= 15 is 0 Å². The van der Waals surface area contributed by atoms with Crippen molar-refractivity contribution >= 4 is 17.4 Å². The first-order chi connectivity index (χ1) is 17.1. The highest BCUT2D eigenvalue weighted by Crippen LogP contribution is 2.28. The average Bonchev–Trinajstić information content (AvgIpc) is 3.13. The van der Waals surface area contributed by atoms with Crippen molar-refractivity contribution in [2.45, 2.75) is 78.9 Å². The standard InChI is InChI=1S/C27H39N5O4/c1-8-21(9-2)36-25-18(3)13-24-29-31(26(28)32(24)30-25)17-23(33)19-14-20(27(4,5)6)16-22(15-19)35-12-10-11-34-7/h13-16,21,28H,8-12,17H2,1-7H3/p+1. The van der Waals surface area contributed by atoms with Crippen LogP contribution in [0.1, 0.15) is 75.4 Å². The summed E-state index contributed by atoms with van der Waals surface area (Å²) in [5.41, 5.74) is 9.20. The Morgan fingerprint density at radius 2 is 1.86 bits per heavy atom. The van der Waals surface area contributed by atoms with Gasteiger partial charge in [-0.25, -0.2) is 0 Å². The number of nitrogens with two attached hydrogens (primary N) is 1. The number of nitrogen functional groups attached to an aromatic ring is 1. The van der Waals surface area contributed by atoms with E-state index in [4.69, 9.17) is 19.9 Å². The van der Waals surface area contributed by atoms with Crippen molar-refractivity contribution in [2.75, 3.05) is 26.1 Å². The van der Waals surface area contributed by atoms with E-state index in [0.717, 1.165) is 30.4 Å². The lowest BCUT2D eigenvalue weighted by molar-refractivity contribution is -0.723. The van der Waals surface area contributed by atoms with Gasteiger partial charge in [0.15, 0.2) is 12.3 Å². The van der Waals surface area contributed by atoms with E-state index in [1.54, 1.807) is 13.2 Å². The molecule has 3 rings (SSSR count). The van der Waals surface area contributed by atoms with Crippen molar-refractivity contribution in [1.82, 2.24) is 14.7 Å². The number of ether oxygens (including phenoxy) is 3. The SMILES string of the molecule is CCC(CC)Oc1nn2c(N)[n+](CC(=O)c3cc(OCCCOC)cc(C(C)(C)C)c3)nc2cc1C. The Kier molecular flexibility index (Phi) is 8.89. The number of hydrogen-bond donors (Lipinski definition) is 1. The minimum Gasteiger partial charge on any atom is -0.493 e. The summed E-state index contributed by atoms with van der Waals surface area (Å²) in [7, 11) is 1.66. The van der Waals surface area contributed by atoms with E-state index in [1.807, 2.05) is 25.1 Å². The number of hydrogen-bond acceptors (Lipinski definition) is 7. The summed E-state index contributed by atoms with van der Waals surface area (Å²) < 4.78 is 20.1. The van der Waals surface area contributed by atoms with Crippen LogP contribution >= 0.6 is 0 Å². The van der Waals surface area contributed by atoms with Crippen molar-refractivity contribution in [3.8, 4) is 11.6 Å². The number of ketones is 1. The number of Topliss-reactive ketones (excluding diaryl/α,β-unsaturated/α-hetero) is 1. The fourth-order valence-electron chi connectivity index (χ4n) is 3.80. The number of rotatable bonds is 12. The molecular weight excluding hydrogens is 458 g/mol. The zero-order valence-corrected chi connectivity index (χ0v) is 22.6. The Hall–Kier alpha value is -3.20. The highest BCUT2D eigenvalue weighted by atomic mass is 16.5. The number of carbonyl (C=O) groups is 1. The first-order valence-electron chi connectivity index (χ1n) is 12.6. The van der Waals surface area contributed by atoms with Gasteiger partial charge in [0.05, 0.1) is 6.61 Å². The second-order valence-electron chi connectivity index (χ2n) is 10.1. The highest BCUT2D eigenvalue weighted by Gasteiger charge is 2.24. The number of methoxy groups -OCH3 is 1. The summed E-state index contributed by atoms with van der Waals surface area (Å²) in [4.78, 5) is 13.4. The van der Waals surface area contributed by atoms with E-state index in [1.165, 1.54) is 9.20 Å². The summed E-state index contributed by atoms with van der Waals surface area (Å²) in [6.45, 7) is 13.5. The smallest absolute Gasteiger partial charge is 0.401 e. The monoisotopic (exact) mass is 498 g/mol. The van der Waals surface area contributed by atoms with Crippen LogP contribution in [-0.4, -0.2) is 46.9 Å². The number of anilines is 1. The maximum atomic E-state index is 13.4. The first kappa shape index (κ1) is 27.4. The molecule has 3 aromatic rings. The van der Waals surface area contributed by atoms with E-state index in [0.29, 0.717) is 36.1 Å². The quantitative estimate of drug-likeness (QED) is 0.228. The van der Waals surface area contributed by atoms with Crippen molar-refractivity contribution < 1.29 is 23.7 Å². The molecule has 0 aliphatic heterocycles. The lowest BCUT2D eigenvalue weighted by Gasteiger charge is -2.21. The van der Waals surface area contributed by atoms with Gasteiger partial charge in [-0.2, -0.15) is 0 Å². The topological polar surface area (TPSA) is 105 Å². The maximum Gasteiger partial charge on any atom is 0.401 e. The van der Waals surface area contributed by atoms with Gasteiger partial charge in [0.25, 0.3) is 5.65 Å². The van der Waals surface area contributed by atoms with Gasteiger partial charge in [0, 0.05) is 37.3 Å². The van der Waals surface area contributed by atoms with Crippen LogP contribution in [0.3, 0.4) is 0 Å². The molecule has 9 nitrogen and oxygen atoms in total. The van der Waals surface area contributed by atoms with Crippen LogP contribution < -0.4 is 19.9 Å². The summed E-state index contributed by atoms with van der Waals surface area (Å²) in [6.07, 6.45) is 2.61. The zero-order chi connectivity index (χ0) is 26.5. The predicted molar refractivity (Wildman–Crippen MR) is 139 cm³/mol. The molecular formula is C27H40N5O4+. The van der Waals surface area contributed by atoms with E-state index in [9.17, 15) is 4.79 Å². The third kappa shape index (κ3) is 6.51. The molecule has 0 unspecified atom stereocenters.